The van der Waals surface area contributed by atoms with Gasteiger partial charge < -0.3 is 5.32 Å². The maximum atomic E-state index is 6.22. The van der Waals surface area contributed by atoms with E-state index in [1.54, 1.807) is 0 Å². The van der Waals surface area contributed by atoms with Gasteiger partial charge in [0, 0.05) is 28.3 Å². The molecule has 1 aromatic carbocycles. The molecular formula is C14H15BrClN3. The number of nitrogens with one attached hydrogen (secondary N) is 1. The zero-order valence-corrected chi connectivity index (χ0v) is 13.2. The van der Waals surface area contributed by atoms with Crippen LogP contribution in [-0.2, 0) is 0 Å². The number of nitrogens with zero attached hydrogens (tertiary/aromatic N) is 2. The molecule has 0 atom stereocenters. The van der Waals surface area contributed by atoms with Crippen LogP contribution in [-0.4, -0.2) is 16.5 Å². The van der Waals surface area contributed by atoms with Crippen LogP contribution in [0.25, 0.3) is 11.4 Å². The van der Waals surface area contributed by atoms with E-state index in [1.807, 2.05) is 31.2 Å². The minimum absolute atomic E-state index is 0.643. The number of hydrogen-bond acceptors (Lipinski definition) is 3. The molecule has 3 nitrogen and oxygen atoms in total. The van der Waals surface area contributed by atoms with Crippen LogP contribution in [0.2, 0.25) is 5.02 Å². The van der Waals surface area contributed by atoms with Gasteiger partial charge in [0.1, 0.15) is 5.82 Å². The Balaban J connectivity index is 2.43. The summed E-state index contributed by atoms with van der Waals surface area (Å²) in [5.74, 6) is 1.48. The van der Waals surface area contributed by atoms with Crippen LogP contribution >= 0.6 is 27.5 Å². The predicted octanol–water partition coefficient (Wildman–Crippen LogP) is 4.69. The minimum atomic E-state index is 0.643. The van der Waals surface area contributed by atoms with Crippen LogP contribution in [0.4, 0.5) is 5.82 Å². The average molecular weight is 341 g/mol. The Bertz CT molecular complexity index is 587. The minimum Gasteiger partial charge on any atom is -0.370 e. The van der Waals surface area contributed by atoms with Gasteiger partial charge in [-0.25, -0.2) is 9.97 Å². The highest BCUT2D eigenvalue weighted by atomic mass is 79.9. The molecule has 0 aliphatic carbocycles. The van der Waals surface area contributed by atoms with Crippen LogP contribution in [0.15, 0.2) is 28.7 Å². The van der Waals surface area contributed by atoms with Gasteiger partial charge in [-0.1, -0.05) is 34.5 Å². The van der Waals surface area contributed by atoms with Crippen molar-refractivity contribution in [1.82, 2.24) is 9.97 Å². The third-order valence-electron chi connectivity index (χ3n) is 2.58. The molecule has 0 amide bonds. The molecule has 0 saturated heterocycles. The number of aromatic nitrogens is 2. The highest BCUT2D eigenvalue weighted by molar-refractivity contribution is 9.10. The Morgan fingerprint density at radius 2 is 2.05 bits per heavy atom. The highest BCUT2D eigenvalue weighted by Gasteiger charge is 2.09. The summed E-state index contributed by atoms with van der Waals surface area (Å²) in [5, 5.41) is 3.92. The number of aryl methyl sites for hydroxylation is 1. The van der Waals surface area contributed by atoms with Gasteiger partial charge in [-0.2, -0.15) is 0 Å². The maximum Gasteiger partial charge on any atom is 0.163 e. The first-order chi connectivity index (χ1) is 9.10. The number of anilines is 1. The summed E-state index contributed by atoms with van der Waals surface area (Å²) in [6.07, 6.45) is 1.05. The predicted molar refractivity (Wildman–Crippen MR) is 83.7 cm³/mol. The molecule has 1 heterocycles. The second kappa shape index (κ2) is 6.35. The number of benzene rings is 1. The van der Waals surface area contributed by atoms with Crippen molar-refractivity contribution in [2.24, 2.45) is 0 Å². The standard InChI is InChI=1S/C14H15BrClN3/c1-3-6-17-13-7-9(2)18-14(19-13)11-8-10(15)4-5-12(11)16/h4-5,7-8H,3,6H2,1-2H3,(H,17,18,19). The van der Waals surface area contributed by atoms with Crippen molar-refractivity contribution in [3.05, 3.63) is 39.5 Å². The first kappa shape index (κ1) is 14.3. The number of rotatable bonds is 4. The van der Waals surface area contributed by atoms with E-state index < -0.39 is 0 Å². The molecule has 0 unspecified atom stereocenters. The van der Waals surface area contributed by atoms with Gasteiger partial charge in [0.25, 0.3) is 0 Å². The highest BCUT2D eigenvalue weighted by Crippen LogP contribution is 2.29. The van der Waals surface area contributed by atoms with Gasteiger partial charge in [-0.05, 0) is 31.5 Å². The lowest BCUT2D eigenvalue weighted by molar-refractivity contribution is 0.962. The number of halogens is 2. The zero-order valence-electron chi connectivity index (χ0n) is 10.9. The Kier molecular flexibility index (Phi) is 4.77. The summed E-state index contributed by atoms with van der Waals surface area (Å²) < 4.78 is 0.958. The van der Waals surface area contributed by atoms with E-state index in [2.05, 4.69) is 38.1 Å². The Labute approximate surface area is 126 Å². The molecule has 100 valence electrons. The van der Waals surface area contributed by atoms with E-state index >= 15 is 0 Å². The Morgan fingerprint density at radius 1 is 1.26 bits per heavy atom. The molecule has 5 heteroatoms. The van der Waals surface area contributed by atoms with Gasteiger partial charge >= 0.3 is 0 Å². The molecule has 0 radical (unpaired) electrons. The average Bonchev–Trinajstić information content (AvgIpc) is 2.38. The lowest BCUT2D eigenvalue weighted by Gasteiger charge is -2.09. The third kappa shape index (κ3) is 3.67. The number of hydrogen-bond donors (Lipinski definition) is 1. The summed E-state index contributed by atoms with van der Waals surface area (Å²) in [6, 6.07) is 7.61. The fourth-order valence-corrected chi connectivity index (χ4v) is 2.26. The van der Waals surface area contributed by atoms with Crippen molar-refractivity contribution in [3.8, 4) is 11.4 Å². The van der Waals surface area contributed by atoms with Gasteiger partial charge in [0.2, 0.25) is 0 Å². The van der Waals surface area contributed by atoms with E-state index in [9.17, 15) is 0 Å². The van der Waals surface area contributed by atoms with Crippen LogP contribution in [0.3, 0.4) is 0 Å². The molecule has 1 aromatic heterocycles. The topological polar surface area (TPSA) is 37.8 Å². The molecule has 0 aliphatic heterocycles. The van der Waals surface area contributed by atoms with Crippen LogP contribution in [0.1, 0.15) is 19.0 Å². The quantitative estimate of drug-likeness (QED) is 0.877. The van der Waals surface area contributed by atoms with E-state index in [-0.39, 0.29) is 0 Å². The van der Waals surface area contributed by atoms with Crippen LogP contribution < -0.4 is 5.32 Å². The van der Waals surface area contributed by atoms with E-state index in [0.29, 0.717) is 10.8 Å². The molecule has 2 rings (SSSR count). The lowest BCUT2D eigenvalue weighted by atomic mass is 10.2. The second-order valence-corrected chi connectivity index (χ2v) is 5.59. The molecule has 0 fully saturated rings. The SMILES string of the molecule is CCCNc1cc(C)nc(-c2cc(Br)ccc2Cl)n1. The van der Waals surface area contributed by atoms with Crippen LogP contribution in [0.5, 0.6) is 0 Å². The van der Waals surface area contributed by atoms with E-state index in [4.69, 9.17) is 11.6 Å². The molecule has 19 heavy (non-hydrogen) atoms. The zero-order chi connectivity index (χ0) is 13.8. The first-order valence-corrected chi connectivity index (χ1v) is 7.32. The van der Waals surface area contributed by atoms with Crippen molar-refractivity contribution in [2.45, 2.75) is 20.3 Å². The molecular weight excluding hydrogens is 326 g/mol. The lowest BCUT2D eigenvalue weighted by Crippen LogP contribution is -2.04. The Hall–Kier alpha value is -1.13. The largest absolute Gasteiger partial charge is 0.370 e. The molecule has 0 aliphatic rings. The summed E-state index contributed by atoms with van der Waals surface area (Å²) in [6.45, 7) is 4.96. The fraction of sp³-hybridized carbons (Fsp3) is 0.286. The first-order valence-electron chi connectivity index (χ1n) is 6.15. The van der Waals surface area contributed by atoms with Crippen LogP contribution in [0, 0.1) is 6.92 Å². The van der Waals surface area contributed by atoms with Crippen molar-refractivity contribution in [3.63, 3.8) is 0 Å². The van der Waals surface area contributed by atoms with Gasteiger partial charge in [-0.15, -0.1) is 0 Å². The van der Waals surface area contributed by atoms with Gasteiger partial charge in [0.05, 0.1) is 5.02 Å². The van der Waals surface area contributed by atoms with Crippen molar-refractivity contribution >= 4 is 33.3 Å². The third-order valence-corrected chi connectivity index (χ3v) is 3.40. The normalized spacial score (nSPS) is 10.5. The molecule has 0 spiro atoms. The summed E-state index contributed by atoms with van der Waals surface area (Å²) in [5.41, 5.74) is 1.75. The summed E-state index contributed by atoms with van der Waals surface area (Å²) in [7, 11) is 0. The van der Waals surface area contributed by atoms with E-state index in [1.165, 1.54) is 0 Å². The van der Waals surface area contributed by atoms with Crippen molar-refractivity contribution < 1.29 is 0 Å². The Morgan fingerprint density at radius 3 is 2.79 bits per heavy atom. The van der Waals surface area contributed by atoms with E-state index in [0.717, 1.165) is 34.5 Å². The molecule has 0 bridgehead atoms. The molecule has 2 aromatic rings. The van der Waals surface area contributed by atoms with Crippen molar-refractivity contribution in [1.29, 1.82) is 0 Å². The summed E-state index contributed by atoms with van der Waals surface area (Å²) >= 11 is 9.66. The second-order valence-electron chi connectivity index (χ2n) is 4.27. The van der Waals surface area contributed by atoms with Gasteiger partial charge in [0.15, 0.2) is 5.82 Å². The van der Waals surface area contributed by atoms with Crippen molar-refractivity contribution in [2.75, 3.05) is 11.9 Å². The monoisotopic (exact) mass is 339 g/mol. The smallest absolute Gasteiger partial charge is 0.163 e. The van der Waals surface area contributed by atoms with Gasteiger partial charge in [-0.3, -0.25) is 0 Å². The maximum absolute atomic E-state index is 6.22. The molecule has 1 N–H and O–H groups in total. The fourth-order valence-electron chi connectivity index (χ4n) is 1.70. The summed E-state index contributed by atoms with van der Waals surface area (Å²) in [4.78, 5) is 8.97. The molecule has 0 saturated carbocycles.